The van der Waals surface area contributed by atoms with Crippen molar-refractivity contribution in [1.82, 2.24) is 24.9 Å². The van der Waals surface area contributed by atoms with Gasteiger partial charge < -0.3 is 8.83 Å². The lowest BCUT2D eigenvalue weighted by molar-refractivity contribution is 0.667. The molecular formula is C49H27N5O2S. The van der Waals surface area contributed by atoms with Crippen molar-refractivity contribution in [2.24, 2.45) is 0 Å². The van der Waals surface area contributed by atoms with E-state index in [4.69, 9.17) is 33.8 Å². The number of aromatic nitrogens is 5. The van der Waals surface area contributed by atoms with Crippen LogP contribution in [0.5, 0.6) is 0 Å². The molecule has 0 unspecified atom stereocenters. The normalized spacial score (nSPS) is 11.9. The standard InChI is InChI=1S/C49H27N5O2S/c1-3-13-28(14-4-1)42-45-43(33-18-8-10-23-38(33)56-45)51-48(50-42)35-20-12-24-39-41(35)34-26-25-30(27-40(34)57-39)47-52-46(29-15-5-2-6-16-29)53-49(54-47)36-21-11-19-32-31-17-7-9-22-37(31)55-44(32)36/h1-27H. The summed E-state index contributed by atoms with van der Waals surface area (Å²) in [6.45, 7) is 0. The number of furan rings is 2. The number of nitrogens with zero attached hydrogens (tertiary/aromatic N) is 5. The molecule has 0 radical (unpaired) electrons. The maximum atomic E-state index is 6.43. The van der Waals surface area contributed by atoms with Gasteiger partial charge in [-0.25, -0.2) is 24.9 Å². The van der Waals surface area contributed by atoms with Crippen LogP contribution in [0.4, 0.5) is 0 Å². The van der Waals surface area contributed by atoms with Crippen molar-refractivity contribution in [2.75, 3.05) is 0 Å². The van der Waals surface area contributed by atoms with E-state index in [-0.39, 0.29) is 0 Å². The molecule has 0 amide bonds. The molecule has 5 heterocycles. The summed E-state index contributed by atoms with van der Waals surface area (Å²) in [5.41, 5.74) is 9.16. The molecule has 0 atom stereocenters. The van der Waals surface area contributed by atoms with Crippen LogP contribution in [-0.4, -0.2) is 24.9 Å². The van der Waals surface area contributed by atoms with Crippen LogP contribution in [0.1, 0.15) is 0 Å². The molecule has 57 heavy (non-hydrogen) atoms. The predicted octanol–water partition coefficient (Wildman–Crippen LogP) is 13.2. The summed E-state index contributed by atoms with van der Waals surface area (Å²) in [5.74, 6) is 2.38. The summed E-state index contributed by atoms with van der Waals surface area (Å²) in [4.78, 5) is 25.6. The fourth-order valence-electron chi connectivity index (χ4n) is 7.92. The molecular weight excluding hydrogens is 723 g/mol. The summed E-state index contributed by atoms with van der Waals surface area (Å²) in [6.07, 6.45) is 0. The Morgan fingerprint density at radius 2 is 0.982 bits per heavy atom. The van der Waals surface area contributed by atoms with Crippen molar-refractivity contribution in [1.29, 1.82) is 0 Å². The molecule has 0 aliphatic carbocycles. The second-order valence-electron chi connectivity index (χ2n) is 14.0. The number of fused-ring (bicyclic) bond motifs is 9. The van der Waals surface area contributed by atoms with Crippen LogP contribution >= 0.6 is 11.3 Å². The van der Waals surface area contributed by atoms with E-state index in [1.54, 1.807) is 11.3 Å². The van der Waals surface area contributed by atoms with Crippen LogP contribution in [0.15, 0.2) is 173 Å². The van der Waals surface area contributed by atoms with E-state index in [1.165, 1.54) is 0 Å². The molecule has 0 bridgehead atoms. The Morgan fingerprint density at radius 1 is 0.368 bits per heavy atom. The highest BCUT2D eigenvalue weighted by molar-refractivity contribution is 7.26. The van der Waals surface area contributed by atoms with Gasteiger partial charge in [-0.15, -0.1) is 11.3 Å². The summed E-state index contributed by atoms with van der Waals surface area (Å²) in [5, 5.41) is 5.26. The first kappa shape index (κ1) is 31.8. The smallest absolute Gasteiger partial charge is 0.180 e. The zero-order valence-electron chi connectivity index (χ0n) is 30.0. The van der Waals surface area contributed by atoms with Crippen molar-refractivity contribution < 1.29 is 8.83 Å². The fourth-order valence-corrected chi connectivity index (χ4v) is 9.09. The van der Waals surface area contributed by atoms with E-state index in [0.29, 0.717) is 28.9 Å². The van der Waals surface area contributed by atoms with Crippen molar-refractivity contribution in [2.45, 2.75) is 0 Å². The van der Waals surface area contributed by atoms with Gasteiger partial charge in [-0.2, -0.15) is 0 Å². The van der Waals surface area contributed by atoms with Gasteiger partial charge in [0, 0.05) is 58.6 Å². The third-order valence-electron chi connectivity index (χ3n) is 10.6. The molecule has 0 N–H and O–H groups in total. The number of para-hydroxylation sites is 3. The van der Waals surface area contributed by atoms with E-state index >= 15 is 0 Å². The van der Waals surface area contributed by atoms with Gasteiger partial charge in [0.15, 0.2) is 28.9 Å². The number of rotatable bonds is 5. The minimum atomic E-state index is 0.552. The molecule has 8 heteroatoms. The number of hydrogen-bond donors (Lipinski definition) is 0. The van der Waals surface area contributed by atoms with Crippen LogP contribution in [-0.2, 0) is 0 Å². The van der Waals surface area contributed by atoms with Gasteiger partial charge in [0.2, 0.25) is 0 Å². The molecule has 0 aliphatic heterocycles. The van der Waals surface area contributed by atoms with E-state index in [0.717, 1.165) is 92.1 Å². The van der Waals surface area contributed by atoms with Crippen molar-refractivity contribution in [3.8, 4) is 56.8 Å². The maximum Gasteiger partial charge on any atom is 0.180 e. The average molecular weight is 750 g/mol. The Balaban J connectivity index is 1.04. The van der Waals surface area contributed by atoms with E-state index < -0.39 is 0 Å². The molecule has 0 fully saturated rings. The minimum Gasteiger partial charge on any atom is -0.455 e. The number of hydrogen-bond acceptors (Lipinski definition) is 8. The van der Waals surface area contributed by atoms with Gasteiger partial charge in [-0.3, -0.25) is 0 Å². The third-order valence-corrected chi connectivity index (χ3v) is 11.7. The molecule has 0 aliphatic rings. The van der Waals surface area contributed by atoms with E-state index in [2.05, 4.69) is 66.7 Å². The Hall–Kier alpha value is -7.55. The Bertz CT molecular complexity index is 3540. The van der Waals surface area contributed by atoms with Crippen molar-refractivity contribution in [3.05, 3.63) is 164 Å². The third kappa shape index (κ3) is 5.08. The van der Waals surface area contributed by atoms with Crippen molar-refractivity contribution in [3.63, 3.8) is 0 Å². The van der Waals surface area contributed by atoms with Crippen molar-refractivity contribution >= 4 is 75.5 Å². The fraction of sp³-hybridized carbons (Fsp3) is 0. The second-order valence-corrected chi connectivity index (χ2v) is 15.1. The first-order chi connectivity index (χ1) is 28.2. The highest BCUT2D eigenvalue weighted by atomic mass is 32.1. The molecule has 7 aromatic carbocycles. The van der Waals surface area contributed by atoms with Gasteiger partial charge >= 0.3 is 0 Å². The monoisotopic (exact) mass is 749 g/mol. The summed E-state index contributed by atoms with van der Waals surface area (Å²) < 4.78 is 15.1. The zero-order chi connectivity index (χ0) is 37.5. The number of benzene rings is 7. The topological polar surface area (TPSA) is 90.7 Å². The van der Waals surface area contributed by atoms with Gasteiger partial charge in [0.25, 0.3) is 0 Å². The summed E-state index contributed by atoms with van der Waals surface area (Å²) in [6, 6.07) is 55.3. The molecule has 0 spiro atoms. The lowest BCUT2D eigenvalue weighted by atomic mass is 10.0. The molecule has 7 nitrogen and oxygen atoms in total. The van der Waals surface area contributed by atoms with E-state index in [9.17, 15) is 0 Å². The van der Waals surface area contributed by atoms with Crippen LogP contribution in [0.3, 0.4) is 0 Å². The van der Waals surface area contributed by atoms with Crippen LogP contribution in [0, 0.1) is 0 Å². The molecule has 266 valence electrons. The Morgan fingerprint density at radius 3 is 1.81 bits per heavy atom. The average Bonchev–Trinajstić information content (AvgIpc) is 3.97. The quantitative estimate of drug-likeness (QED) is 0.173. The van der Waals surface area contributed by atoms with E-state index in [1.807, 2.05) is 97.1 Å². The summed E-state index contributed by atoms with van der Waals surface area (Å²) >= 11 is 1.73. The van der Waals surface area contributed by atoms with Gasteiger partial charge in [-0.05, 0) is 36.4 Å². The first-order valence-electron chi connectivity index (χ1n) is 18.7. The maximum absolute atomic E-state index is 6.43. The Labute approximate surface area is 328 Å². The highest BCUT2D eigenvalue weighted by Crippen LogP contribution is 2.43. The summed E-state index contributed by atoms with van der Waals surface area (Å²) in [7, 11) is 0. The molecule has 12 aromatic rings. The molecule has 5 aromatic heterocycles. The molecule has 0 saturated carbocycles. The van der Waals surface area contributed by atoms with Gasteiger partial charge in [-0.1, -0.05) is 127 Å². The first-order valence-corrected chi connectivity index (χ1v) is 19.5. The highest BCUT2D eigenvalue weighted by Gasteiger charge is 2.22. The van der Waals surface area contributed by atoms with Crippen LogP contribution in [0.25, 0.3) is 121 Å². The molecule has 12 rings (SSSR count). The lowest BCUT2D eigenvalue weighted by Gasteiger charge is -2.09. The number of thiophene rings is 1. The predicted molar refractivity (Wildman–Crippen MR) is 230 cm³/mol. The van der Waals surface area contributed by atoms with Gasteiger partial charge in [0.05, 0.1) is 5.56 Å². The largest absolute Gasteiger partial charge is 0.455 e. The molecule has 0 saturated heterocycles. The second kappa shape index (κ2) is 12.5. The Kier molecular flexibility index (Phi) is 6.96. The zero-order valence-corrected chi connectivity index (χ0v) is 30.9. The van der Waals surface area contributed by atoms with Crippen LogP contribution in [0.2, 0.25) is 0 Å². The lowest BCUT2D eigenvalue weighted by Crippen LogP contribution is -2.00. The SMILES string of the molecule is c1ccc(-c2nc(-c3ccc4c(c3)sc3cccc(-c5nc(-c6ccccc6)c6oc7ccccc7c6n5)c34)nc(-c3cccc4c3oc3ccccc34)n2)cc1. The minimum absolute atomic E-state index is 0.552. The van der Waals surface area contributed by atoms with Gasteiger partial charge in [0.1, 0.15) is 28.0 Å². The van der Waals surface area contributed by atoms with Crippen LogP contribution < -0.4 is 0 Å².